The third-order valence-electron chi connectivity index (χ3n) is 4.67. The number of nitrogens with one attached hydrogen (secondary N) is 2. The molecule has 1 unspecified atom stereocenters. The van der Waals surface area contributed by atoms with Crippen molar-refractivity contribution in [2.24, 2.45) is 0 Å². The van der Waals surface area contributed by atoms with Crippen molar-refractivity contribution < 1.29 is 9.59 Å². The minimum atomic E-state index is -0.220. The van der Waals surface area contributed by atoms with Crippen molar-refractivity contribution in [2.75, 3.05) is 45.8 Å². The molecule has 0 aliphatic carbocycles. The molecule has 2 fully saturated rings. The van der Waals surface area contributed by atoms with Crippen molar-refractivity contribution in [2.45, 2.75) is 12.5 Å². The lowest BCUT2D eigenvalue weighted by Gasteiger charge is -2.32. The quantitative estimate of drug-likeness (QED) is 0.749. The monoisotopic (exact) mass is 430 g/mol. The first-order valence-electron chi connectivity index (χ1n) is 8.40. The molecule has 0 radical (unpaired) electrons. The van der Waals surface area contributed by atoms with Crippen molar-refractivity contribution in [3.8, 4) is 0 Å². The molecular weight excluding hydrogens is 408 g/mol. The van der Waals surface area contributed by atoms with E-state index in [1.54, 1.807) is 18.2 Å². The van der Waals surface area contributed by atoms with Crippen LogP contribution in [-0.4, -0.2) is 73.5 Å². The van der Waals surface area contributed by atoms with E-state index in [2.05, 4.69) is 31.5 Å². The highest BCUT2D eigenvalue weighted by Crippen LogP contribution is 2.16. The van der Waals surface area contributed by atoms with Crippen LogP contribution in [-0.2, 0) is 4.79 Å². The van der Waals surface area contributed by atoms with Gasteiger partial charge in [-0.3, -0.25) is 14.5 Å². The van der Waals surface area contributed by atoms with E-state index >= 15 is 0 Å². The van der Waals surface area contributed by atoms with E-state index in [0.717, 1.165) is 50.2 Å². The number of nitrogens with zero attached hydrogens (tertiary/aromatic N) is 2. The Morgan fingerprint density at radius 1 is 1.24 bits per heavy atom. The Morgan fingerprint density at radius 3 is 2.72 bits per heavy atom. The summed E-state index contributed by atoms with van der Waals surface area (Å²) < 4.78 is 0.847. The second-order valence-electron chi connectivity index (χ2n) is 6.26. The van der Waals surface area contributed by atoms with Gasteiger partial charge in [0.05, 0.1) is 6.54 Å². The maximum absolute atomic E-state index is 12.3. The number of hydrogen-bond donors (Lipinski definition) is 2. The molecule has 25 heavy (non-hydrogen) atoms. The molecule has 0 bridgehead atoms. The van der Waals surface area contributed by atoms with E-state index in [9.17, 15) is 9.59 Å². The summed E-state index contributed by atoms with van der Waals surface area (Å²) in [5.41, 5.74) is 0.553. The lowest BCUT2D eigenvalue weighted by Crippen LogP contribution is -2.49. The van der Waals surface area contributed by atoms with Gasteiger partial charge in [0.2, 0.25) is 5.91 Å². The molecule has 0 saturated carbocycles. The zero-order valence-electron chi connectivity index (χ0n) is 14.0. The summed E-state index contributed by atoms with van der Waals surface area (Å²) in [5.74, 6) is -0.224. The molecule has 1 aromatic carbocycles. The van der Waals surface area contributed by atoms with Crippen LogP contribution in [0, 0.1) is 0 Å². The number of halogens is 2. The number of piperazine rings is 1. The van der Waals surface area contributed by atoms with Crippen LogP contribution >= 0.6 is 28.3 Å². The van der Waals surface area contributed by atoms with Gasteiger partial charge in [-0.25, -0.2) is 0 Å². The molecule has 3 rings (SSSR count). The van der Waals surface area contributed by atoms with Gasteiger partial charge in [-0.2, -0.15) is 0 Å². The first kappa shape index (κ1) is 20.2. The fourth-order valence-electron chi connectivity index (χ4n) is 3.31. The Balaban J connectivity index is 0.00000225. The first-order valence-corrected chi connectivity index (χ1v) is 9.19. The van der Waals surface area contributed by atoms with Crippen molar-refractivity contribution >= 4 is 40.2 Å². The Kier molecular flexibility index (Phi) is 7.68. The van der Waals surface area contributed by atoms with Gasteiger partial charge in [0, 0.05) is 55.3 Å². The number of amides is 2. The third-order valence-corrected chi connectivity index (χ3v) is 5.16. The van der Waals surface area contributed by atoms with Crippen LogP contribution in [0.25, 0.3) is 0 Å². The van der Waals surface area contributed by atoms with Gasteiger partial charge in [-0.1, -0.05) is 22.0 Å². The maximum Gasteiger partial charge on any atom is 0.251 e. The van der Waals surface area contributed by atoms with E-state index in [-0.39, 0.29) is 30.8 Å². The van der Waals surface area contributed by atoms with Gasteiger partial charge in [-0.15, -0.1) is 12.4 Å². The Bertz CT molecular complexity index is 610. The van der Waals surface area contributed by atoms with Crippen molar-refractivity contribution in [1.29, 1.82) is 0 Å². The molecule has 8 heteroatoms. The zero-order chi connectivity index (χ0) is 16.9. The van der Waals surface area contributed by atoms with E-state index in [4.69, 9.17) is 0 Å². The number of benzene rings is 1. The Labute approximate surface area is 162 Å². The molecule has 2 amide bonds. The topological polar surface area (TPSA) is 64.7 Å². The average Bonchev–Trinajstić information content (AvgIpc) is 3.10. The first-order chi connectivity index (χ1) is 11.6. The second kappa shape index (κ2) is 9.52. The van der Waals surface area contributed by atoms with Crippen molar-refractivity contribution in [1.82, 2.24) is 20.4 Å². The summed E-state index contributed by atoms with van der Waals surface area (Å²) in [6.45, 7) is 5.74. The Hall–Kier alpha value is -1.15. The highest BCUT2D eigenvalue weighted by molar-refractivity contribution is 9.10. The van der Waals surface area contributed by atoms with E-state index in [0.29, 0.717) is 11.6 Å². The summed E-state index contributed by atoms with van der Waals surface area (Å²) in [4.78, 5) is 28.8. The fourth-order valence-corrected chi connectivity index (χ4v) is 3.71. The normalized spacial score (nSPS) is 20.8. The zero-order valence-corrected chi connectivity index (χ0v) is 16.4. The molecule has 2 N–H and O–H groups in total. The van der Waals surface area contributed by atoms with Gasteiger partial charge in [-0.05, 0) is 24.6 Å². The maximum atomic E-state index is 12.3. The summed E-state index contributed by atoms with van der Waals surface area (Å²) in [6.07, 6.45) is 1.02. The molecule has 2 aliphatic rings. The molecule has 2 aliphatic heterocycles. The van der Waals surface area contributed by atoms with Crippen LogP contribution in [0.3, 0.4) is 0 Å². The van der Waals surface area contributed by atoms with Gasteiger partial charge in [0.25, 0.3) is 5.91 Å². The van der Waals surface area contributed by atoms with Crippen LogP contribution in [0.4, 0.5) is 0 Å². The average molecular weight is 432 g/mol. The van der Waals surface area contributed by atoms with E-state index in [1.165, 1.54) is 0 Å². The van der Waals surface area contributed by atoms with Crippen molar-refractivity contribution in [3.05, 3.63) is 34.3 Å². The third kappa shape index (κ3) is 5.41. The van der Waals surface area contributed by atoms with Crippen LogP contribution in [0.2, 0.25) is 0 Å². The smallest absolute Gasteiger partial charge is 0.251 e. The fraction of sp³-hybridized carbons (Fsp3) is 0.529. The molecular formula is C17H24BrClN4O2. The molecule has 1 aromatic rings. The number of carbonyl (C=O) groups is 2. The lowest BCUT2D eigenvalue weighted by molar-refractivity contribution is -0.129. The molecule has 2 saturated heterocycles. The van der Waals surface area contributed by atoms with Crippen LogP contribution in [0.5, 0.6) is 0 Å². The van der Waals surface area contributed by atoms with Gasteiger partial charge in [0.15, 0.2) is 0 Å². The summed E-state index contributed by atoms with van der Waals surface area (Å²) in [5, 5.41) is 6.07. The van der Waals surface area contributed by atoms with E-state index < -0.39 is 0 Å². The van der Waals surface area contributed by atoms with Crippen LogP contribution in [0.15, 0.2) is 28.7 Å². The summed E-state index contributed by atoms with van der Waals surface area (Å²) in [7, 11) is 0. The Morgan fingerprint density at radius 2 is 2.00 bits per heavy atom. The number of carbonyl (C=O) groups excluding carboxylic acids is 2. The number of rotatable bonds is 4. The summed E-state index contributed by atoms with van der Waals surface area (Å²) in [6, 6.07) is 7.61. The number of likely N-dealkylation sites (tertiary alicyclic amines) is 1. The molecule has 2 heterocycles. The minimum Gasteiger partial charge on any atom is -0.343 e. The van der Waals surface area contributed by atoms with E-state index in [1.807, 2.05) is 11.0 Å². The molecule has 0 aromatic heterocycles. The molecule has 6 nitrogen and oxygen atoms in total. The highest BCUT2D eigenvalue weighted by Gasteiger charge is 2.30. The molecule has 1 atom stereocenters. The van der Waals surface area contributed by atoms with Gasteiger partial charge >= 0.3 is 0 Å². The summed E-state index contributed by atoms with van der Waals surface area (Å²) >= 11 is 3.34. The van der Waals surface area contributed by atoms with Crippen LogP contribution in [0.1, 0.15) is 16.8 Å². The SMILES string of the molecule is Cl.O=C(NCC(=O)N1CCC(N2CCNCC2)C1)c1cccc(Br)c1. The number of hydrogen-bond acceptors (Lipinski definition) is 4. The minimum absolute atomic E-state index is 0. The molecule has 0 spiro atoms. The van der Waals surface area contributed by atoms with Crippen molar-refractivity contribution in [3.63, 3.8) is 0 Å². The highest BCUT2D eigenvalue weighted by atomic mass is 79.9. The van der Waals surface area contributed by atoms with Crippen LogP contribution < -0.4 is 10.6 Å². The van der Waals surface area contributed by atoms with Gasteiger partial charge in [0.1, 0.15) is 0 Å². The predicted molar refractivity (Wildman–Crippen MR) is 103 cm³/mol. The second-order valence-corrected chi connectivity index (χ2v) is 7.18. The van der Waals surface area contributed by atoms with Gasteiger partial charge < -0.3 is 15.5 Å². The largest absolute Gasteiger partial charge is 0.343 e. The standard InChI is InChI=1S/C17H23BrN4O2.ClH/c18-14-3-1-2-13(10-14)17(24)20-11-16(23)22-7-4-15(12-22)21-8-5-19-6-9-21;/h1-3,10,15,19H,4-9,11-12H2,(H,20,24);1H. The predicted octanol–water partition coefficient (Wildman–Crippen LogP) is 1.11. The lowest BCUT2D eigenvalue weighted by atomic mass is 10.2. The molecule has 138 valence electrons.